The molecular weight excluding hydrogens is 455 g/mol. The number of aromatic nitrogens is 3. The molecule has 5 rings (SSSR count). The van der Waals surface area contributed by atoms with Crippen molar-refractivity contribution in [1.82, 2.24) is 14.6 Å². The van der Waals surface area contributed by atoms with Crippen molar-refractivity contribution in [3.63, 3.8) is 0 Å². The van der Waals surface area contributed by atoms with Gasteiger partial charge in [-0.25, -0.2) is 4.52 Å². The number of fused-ring (bicyclic) bond motifs is 4. The van der Waals surface area contributed by atoms with E-state index in [2.05, 4.69) is 38.0 Å². The lowest BCUT2D eigenvalue weighted by molar-refractivity contribution is -0.154. The monoisotopic (exact) mass is 474 g/mol. The molecule has 2 atom stereocenters. The summed E-state index contributed by atoms with van der Waals surface area (Å²) in [4.78, 5) is 17.0. The molecule has 0 spiro atoms. The van der Waals surface area contributed by atoms with Crippen molar-refractivity contribution in [3.05, 3.63) is 21.1 Å². The van der Waals surface area contributed by atoms with Gasteiger partial charge in [-0.3, -0.25) is 4.79 Å². The molecule has 1 N–H and O–H groups in total. The van der Waals surface area contributed by atoms with Gasteiger partial charge in [-0.1, -0.05) is 0 Å². The van der Waals surface area contributed by atoms with Gasteiger partial charge < -0.3 is 10.1 Å². The van der Waals surface area contributed by atoms with Crippen molar-refractivity contribution in [2.45, 2.75) is 38.6 Å². The molecule has 0 aliphatic heterocycles. The van der Waals surface area contributed by atoms with Crippen LogP contribution in [0.25, 0.3) is 5.52 Å². The minimum Gasteiger partial charge on any atom is -0.466 e. The van der Waals surface area contributed by atoms with Gasteiger partial charge in [-0.2, -0.15) is 4.98 Å². The minimum absolute atomic E-state index is 0.0343. The molecule has 3 aliphatic carbocycles. The van der Waals surface area contributed by atoms with Crippen LogP contribution < -0.4 is 5.32 Å². The minimum atomic E-state index is -0.117. The summed E-state index contributed by atoms with van der Waals surface area (Å²) in [6.07, 6.45) is 6.37. The third kappa shape index (κ3) is 3.09. The average molecular weight is 475 g/mol. The van der Waals surface area contributed by atoms with Crippen molar-refractivity contribution in [3.8, 4) is 0 Å². The summed E-state index contributed by atoms with van der Waals surface area (Å²) in [5.41, 5.74) is 0.897. The van der Waals surface area contributed by atoms with Gasteiger partial charge in [0.15, 0.2) is 5.82 Å². The van der Waals surface area contributed by atoms with E-state index in [1.54, 1.807) is 4.52 Å². The maximum atomic E-state index is 12.6. The SMILES string of the molecule is CCOC(=O)[C@H]1C2CCC(CC2)[C@@H]1Nc1nc(Cl)nn2ccc(I)c12. The van der Waals surface area contributed by atoms with Crippen LogP contribution in [0.2, 0.25) is 5.28 Å². The third-order valence-corrected chi connectivity index (χ3v) is 6.55. The fraction of sp³-hybridized carbons (Fsp3) is 0.588. The van der Waals surface area contributed by atoms with Crippen molar-refractivity contribution in [1.29, 1.82) is 0 Å². The summed E-state index contributed by atoms with van der Waals surface area (Å²) in [5.74, 6) is 1.34. The molecule has 3 aliphatic rings. The first-order valence-electron chi connectivity index (χ1n) is 8.72. The number of rotatable bonds is 4. The number of hydrogen-bond donors (Lipinski definition) is 1. The average Bonchev–Trinajstić information content (AvgIpc) is 2.97. The van der Waals surface area contributed by atoms with Gasteiger partial charge in [-0.15, -0.1) is 5.10 Å². The number of carbonyl (C=O) groups excluding carboxylic acids is 1. The van der Waals surface area contributed by atoms with Crippen molar-refractivity contribution in [2.24, 2.45) is 17.8 Å². The smallest absolute Gasteiger partial charge is 0.311 e. The van der Waals surface area contributed by atoms with E-state index in [4.69, 9.17) is 16.3 Å². The molecule has 0 aromatic carbocycles. The summed E-state index contributed by atoms with van der Waals surface area (Å²) in [7, 11) is 0. The molecule has 0 saturated heterocycles. The molecule has 25 heavy (non-hydrogen) atoms. The molecule has 0 amide bonds. The zero-order valence-corrected chi connectivity index (χ0v) is 16.8. The van der Waals surface area contributed by atoms with Gasteiger partial charge in [0.2, 0.25) is 5.28 Å². The van der Waals surface area contributed by atoms with Gasteiger partial charge in [-0.05, 0) is 84.7 Å². The molecule has 0 unspecified atom stereocenters. The Morgan fingerprint density at radius 2 is 2.12 bits per heavy atom. The van der Waals surface area contributed by atoms with Gasteiger partial charge in [0.05, 0.1) is 12.5 Å². The largest absolute Gasteiger partial charge is 0.466 e. The van der Waals surface area contributed by atoms with E-state index in [9.17, 15) is 4.79 Å². The molecule has 2 heterocycles. The summed E-state index contributed by atoms with van der Waals surface area (Å²) in [6.45, 7) is 2.28. The summed E-state index contributed by atoms with van der Waals surface area (Å²) >= 11 is 8.37. The zero-order valence-electron chi connectivity index (χ0n) is 13.9. The second kappa shape index (κ2) is 6.90. The quantitative estimate of drug-likeness (QED) is 0.540. The summed E-state index contributed by atoms with van der Waals surface area (Å²) in [6, 6.07) is 2.01. The fourth-order valence-electron chi connectivity index (χ4n) is 4.45. The molecule has 8 heteroatoms. The standard InChI is InChI=1S/C17H20ClIN4O2/c1-2-25-16(24)12-9-3-5-10(6-4-9)13(12)20-15-14-11(19)7-8-23(14)22-17(18)21-15/h7-10,12-13H,2-6H2,1H3,(H,20,21,22)/t9?,10?,12-,13-/m0/s1. The van der Waals surface area contributed by atoms with E-state index in [0.717, 1.165) is 34.8 Å². The van der Waals surface area contributed by atoms with E-state index >= 15 is 0 Å². The van der Waals surface area contributed by atoms with Crippen LogP contribution in [0.4, 0.5) is 5.82 Å². The molecule has 6 nitrogen and oxygen atoms in total. The highest BCUT2D eigenvalue weighted by Gasteiger charge is 2.48. The predicted octanol–water partition coefficient (Wildman–Crippen LogP) is 3.77. The van der Waals surface area contributed by atoms with E-state index in [-0.39, 0.29) is 23.2 Å². The number of nitrogens with zero attached hydrogens (tertiary/aromatic N) is 3. The molecule has 2 aromatic rings. The van der Waals surface area contributed by atoms with Gasteiger partial charge in [0.1, 0.15) is 5.52 Å². The van der Waals surface area contributed by atoms with E-state index < -0.39 is 0 Å². The van der Waals surface area contributed by atoms with Crippen LogP contribution in [0.5, 0.6) is 0 Å². The molecular formula is C17H20ClIN4O2. The Balaban J connectivity index is 1.71. The number of esters is 1. The molecule has 0 radical (unpaired) electrons. The highest BCUT2D eigenvalue weighted by molar-refractivity contribution is 14.1. The second-order valence-corrected chi connectivity index (χ2v) is 8.31. The van der Waals surface area contributed by atoms with Crippen molar-refractivity contribution >= 4 is 51.5 Å². The topological polar surface area (TPSA) is 68.5 Å². The van der Waals surface area contributed by atoms with Crippen LogP contribution in [0.3, 0.4) is 0 Å². The second-order valence-electron chi connectivity index (χ2n) is 6.81. The number of carbonyl (C=O) groups is 1. The first-order chi connectivity index (χ1) is 12.1. The van der Waals surface area contributed by atoms with Crippen LogP contribution in [0.15, 0.2) is 12.3 Å². The maximum Gasteiger partial charge on any atom is 0.311 e. The molecule has 134 valence electrons. The Bertz CT molecular complexity index is 803. The molecule has 2 bridgehead atoms. The Labute approximate surface area is 164 Å². The van der Waals surface area contributed by atoms with E-state index in [1.807, 2.05) is 19.2 Å². The molecule has 3 saturated carbocycles. The van der Waals surface area contributed by atoms with Crippen LogP contribution in [-0.4, -0.2) is 33.2 Å². The predicted molar refractivity (Wildman–Crippen MR) is 104 cm³/mol. The van der Waals surface area contributed by atoms with Crippen LogP contribution in [0.1, 0.15) is 32.6 Å². The Morgan fingerprint density at radius 3 is 2.84 bits per heavy atom. The van der Waals surface area contributed by atoms with E-state index in [1.165, 1.54) is 0 Å². The Morgan fingerprint density at radius 1 is 1.40 bits per heavy atom. The van der Waals surface area contributed by atoms with Gasteiger partial charge in [0, 0.05) is 15.8 Å². The molecule has 3 fully saturated rings. The normalized spacial score (nSPS) is 28.3. The highest BCUT2D eigenvalue weighted by Crippen LogP contribution is 2.47. The number of ether oxygens (including phenoxy) is 1. The lowest BCUT2D eigenvalue weighted by Crippen LogP contribution is -2.52. The fourth-order valence-corrected chi connectivity index (χ4v) is 5.28. The van der Waals surface area contributed by atoms with Crippen LogP contribution >= 0.6 is 34.2 Å². The van der Waals surface area contributed by atoms with Gasteiger partial charge in [0.25, 0.3) is 0 Å². The molecule has 2 aromatic heterocycles. The van der Waals surface area contributed by atoms with Crippen molar-refractivity contribution < 1.29 is 9.53 Å². The lowest BCUT2D eigenvalue weighted by atomic mass is 9.61. The number of anilines is 1. The third-order valence-electron chi connectivity index (χ3n) is 5.52. The number of halogens is 2. The van der Waals surface area contributed by atoms with Crippen molar-refractivity contribution in [2.75, 3.05) is 11.9 Å². The lowest BCUT2D eigenvalue weighted by Gasteiger charge is -2.47. The van der Waals surface area contributed by atoms with E-state index in [0.29, 0.717) is 24.3 Å². The number of nitrogens with one attached hydrogen (secondary N) is 1. The Hall–Kier alpha value is -1.09. The maximum absolute atomic E-state index is 12.6. The first kappa shape index (κ1) is 17.3. The summed E-state index contributed by atoms with van der Waals surface area (Å²) < 4.78 is 8.16. The number of hydrogen-bond acceptors (Lipinski definition) is 5. The first-order valence-corrected chi connectivity index (χ1v) is 10.2. The van der Waals surface area contributed by atoms with Crippen LogP contribution in [-0.2, 0) is 9.53 Å². The highest BCUT2D eigenvalue weighted by atomic mass is 127. The Kier molecular flexibility index (Phi) is 4.79. The summed E-state index contributed by atoms with van der Waals surface area (Å²) in [5, 5.41) is 7.96. The zero-order chi connectivity index (χ0) is 17.6. The van der Waals surface area contributed by atoms with Gasteiger partial charge >= 0.3 is 5.97 Å². The van der Waals surface area contributed by atoms with Crippen LogP contribution in [0, 0.1) is 21.3 Å².